The molecule has 1 aromatic heterocycles. The van der Waals surface area contributed by atoms with Crippen molar-refractivity contribution in [2.24, 2.45) is 0 Å². The van der Waals surface area contributed by atoms with Gasteiger partial charge in [-0.3, -0.25) is 39.3 Å². The maximum atomic E-state index is 13.2. The summed E-state index contributed by atoms with van der Waals surface area (Å²) in [6, 6.07) is 13.2. The predicted octanol–water partition coefficient (Wildman–Crippen LogP) is 3.89. The number of nitrogens with one attached hydrogen (secondary N) is 3. The number of carbonyl (C=O) groups excluding carboxylic acids is 5. The van der Waals surface area contributed by atoms with Gasteiger partial charge in [0, 0.05) is 24.1 Å². The average molecular weight is 614 g/mol. The van der Waals surface area contributed by atoms with Crippen molar-refractivity contribution in [1.29, 1.82) is 0 Å². The van der Waals surface area contributed by atoms with Crippen LogP contribution in [0, 0.1) is 0 Å². The monoisotopic (exact) mass is 613 g/mol. The van der Waals surface area contributed by atoms with E-state index >= 15 is 0 Å². The molecule has 45 heavy (non-hydrogen) atoms. The number of aromatic amines is 1. The van der Waals surface area contributed by atoms with Gasteiger partial charge in [-0.25, -0.2) is 0 Å². The van der Waals surface area contributed by atoms with Gasteiger partial charge in [0.05, 0.1) is 30.8 Å². The summed E-state index contributed by atoms with van der Waals surface area (Å²) in [5.41, 5.74) is 2.30. The number of unbranched alkanes of at least 4 members (excludes halogenated alkanes) is 2. The Morgan fingerprint density at radius 2 is 1.71 bits per heavy atom. The van der Waals surface area contributed by atoms with Crippen molar-refractivity contribution < 1.29 is 33.4 Å². The Balaban J connectivity index is 0.898. The van der Waals surface area contributed by atoms with Gasteiger partial charge in [0.1, 0.15) is 17.5 Å². The van der Waals surface area contributed by atoms with Gasteiger partial charge in [-0.15, -0.1) is 0 Å². The standard InChI is InChI=1S/C33H35N5O7/c39-28-15-14-25(31(41)35-28)38-32(42)23-8-5-9-26(30(23)33(38)43)45-17-3-1-2-16-44-22-12-10-20(11-13-22)18-29(40)34-27-19-24(36-37-27)21-6-4-7-21/h5,8-13,19,21,25H,1-4,6-7,14-18H2,(H,35,39,41)(H2,34,36,37,40)/t25-/m1/s1. The Hall–Kier alpha value is -5.00. The summed E-state index contributed by atoms with van der Waals surface area (Å²) in [5.74, 6) is -0.232. The molecule has 2 aromatic carbocycles. The molecule has 5 amide bonds. The molecule has 234 valence electrons. The maximum absolute atomic E-state index is 13.2. The first-order chi connectivity index (χ1) is 21.9. The van der Waals surface area contributed by atoms with Gasteiger partial charge in [-0.1, -0.05) is 24.6 Å². The van der Waals surface area contributed by atoms with E-state index in [2.05, 4.69) is 20.8 Å². The normalized spacial score (nSPS) is 18.0. The fourth-order valence-corrected chi connectivity index (χ4v) is 5.76. The molecule has 2 aliphatic heterocycles. The molecule has 1 saturated carbocycles. The molecule has 0 radical (unpaired) electrons. The summed E-state index contributed by atoms with van der Waals surface area (Å²) >= 11 is 0. The molecule has 2 fully saturated rings. The topological polar surface area (TPSA) is 160 Å². The zero-order valence-corrected chi connectivity index (χ0v) is 24.8. The summed E-state index contributed by atoms with van der Waals surface area (Å²) in [7, 11) is 0. The Bertz CT molecular complexity index is 1610. The second kappa shape index (κ2) is 13.3. The number of hydrogen-bond acceptors (Lipinski definition) is 8. The fourth-order valence-electron chi connectivity index (χ4n) is 5.76. The third-order valence-electron chi connectivity index (χ3n) is 8.44. The number of imide groups is 2. The Labute approximate surface area is 259 Å². The summed E-state index contributed by atoms with van der Waals surface area (Å²) < 4.78 is 11.7. The number of amides is 5. The highest BCUT2D eigenvalue weighted by atomic mass is 16.5. The summed E-state index contributed by atoms with van der Waals surface area (Å²) in [4.78, 5) is 63.3. The number of fused-ring (bicyclic) bond motifs is 1. The third-order valence-corrected chi connectivity index (χ3v) is 8.44. The number of ether oxygens (including phenoxy) is 2. The minimum absolute atomic E-state index is 0.0645. The number of nitrogens with zero attached hydrogens (tertiary/aromatic N) is 2. The first-order valence-corrected chi connectivity index (χ1v) is 15.4. The first-order valence-electron chi connectivity index (χ1n) is 15.4. The highest BCUT2D eigenvalue weighted by molar-refractivity contribution is 6.24. The number of rotatable bonds is 13. The number of carbonyl (C=O) groups is 5. The van der Waals surface area contributed by atoms with Crippen LogP contribution in [-0.4, -0.2) is 63.9 Å². The van der Waals surface area contributed by atoms with Crippen molar-refractivity contribution >= 4 is 35.4 Å². The van der Waals surface area contributed by atoms with Crippen LogP contribution in [0.15, 0.2) is 48.5 Å². The number of anilines is 1. The predicted molar refractivity (Wildman–Crippen MR) is 162 cm³/mol. The lowest BCUT2D eigenvalue weighted by Crippen LogP contribution is -2.54. The second-order valence-electron chi connectivity index (χ2n) is 11.6. The maximum Gasteiger partial charge on any atom is 0.266 e. The van der Waals surface area contributed by atoms with E-state index in [0.29, 0.717) is 37.1 Å². The van der Waals surface area contributed by atoms with E-state index in [0.717, 1.165) is 47.6 Å². The molecule has 12 nitrogen and oxygen atoms in total. The van der Waals surface area contributed by atoms with E-state index in [1.165, 1.54) is 6.42 Å². The summed E-state index contributed by atoms with van der Waals surface area (Å²) in [6.45, 7) is 0.851. The molecular formula is C33H35N5O7. The van der Waals surface area contributed by atoms with E-state index < -0.39 is 29.7 Å². The van der Waals surface area contributed by atoms with Crippen LogP contribution in [-0.2, 0) is 20.8 Å². The summed E-state index contributed by atoms with van der Waals surface area (Å²) in [5, 5.41) is 12.3. The lowest BCUT2D eigenvalue weighted by molar-refractivity contribution is -0.136. The molecule has 3 heterocycles. The van der Waals surface area contributed by atoms with Crippen LogP contribution in [0.25, 0.3) is 0 Å². The molecule has 3 aliphatic rings. The quantitative estimate of drug-likeness (QED) is 0.193. The minimum atomic E-state index is -1.02. The fraction of sp³-hybridized carbons (Fsp3) is 0.394. The zero-order chi connectivity index (χ0) is 31.3. The van der Waals surface area contributed by atoms with Gasteiger partial charge in [0.15, 0.2) is 5.82 Å². The van der Waals surface area contributed by atoms with Crippen molar-refractivity contribution in [3.63, 3.8) is 0 Å². The van der Waals surface area contributed by atoms with E-state index in [9.17, 15) is 24.0 Å². The number of benzene rings is 2. The van der Waals surface area contributed by atoms with E-state index in [1.807, 2.05) is 30.3 Å². The van der Waals surface area contributed by atoms with Crippen molar-refractivity contribution in [1.82, 2.24) is 20.4 Å². The highest BCUT2D eigenvalue weighted by Gasteiger charge is 2.46. The molecule has 1 aliphatic carbocycles. The van der Waals surface area contributed by atoms with Gasteiger partial charge in [0.25, 0.3) is 11.8 Å². The van der Waals surface area contributed by atoms with Gasteiger partial charge in [-0.05, 0) is 68.4 Å². The van der Waals surface area contributed by atoms with Crippen LogP contribution < -0.4 is 20.1 Å². The van der Waals surface area contributed by atoms with Crippen molar-refractivity contribution in [2.45, 2.75) is 69.7 Å². The number of aromatic nitrogens is 2. The molecule has 3 aromatic rings. The highest BCUT2D eigenvalue weighted by Crippen LogP contribution is 2.36. The molecule has 12 heteroatoms. The number of piperidine rings is 1. The van der Waals surface area contributed by atoms with Crippen molar-refractivity contribution in [3.05, 3.63) is 70.9 Å². The van der Waals surface area contributed by atoms with Crippen LogP contribution >= 0.6 is 0 Å². The average Bonchev–Trinajstić information content (AvgIpc) is 3.54. The smallest absolute Gasteiger partial charge is 0.266 e. The third kappa shape index (κ3) is 6.74. The number of H-pyrrole nitrogens is 1. The molecular weight excluding hydrogens is 578 g/mol. The first kappa shape index (κ1) is 30.0. The Kier molecular flexibility index (Phi) is 8.90. The Morgan fingerprint density at radius 3 is 2.44 bits per heavy atom. The van der Waals surface area contributed by atoms with Gasteiger partial charge in [0.2, 0.25) is 17.7 Å². The molecule has 3 N–H and O–H groups in total. The lowest BCUT2D eigenvalue weighted by atomic mass is 9.83. The molecule has 0 unspecified atom stereocenters. The molecule has 0 spiro atoms. The van der Waals surface area contributed by atoms with E-state index in [1.54, 1.807) is 18.2 Å². The second-order valence-corrected chi connectivity index (χ2v) is 11.6. The van der Waals surface area contributed by atoms with Crippen molar-refractivity contribution in [2.75, 3.05) is 18.5 Å². The van der Waals surface area contributed by atoms with E-state index in [4.69, 9.17) is 9.47 Å². The summed E-state index contributed by atoms with van der Waals surface area (Å²) in [6.07, 6.45) is 6.28. The van der Waals surface area contributed by atoms with E-state index in [-0.39, 0.29) is 36.3 Å². The van der Waals surface area contributed by atoms with Crippen LogP contribution in [0.2, 0.25) is 0 Å². The zero-order valence-electron chi connectivity index (χ0n) is 24.8. The molecule has 0 bridgehead atoms. The van der Waals surface area contributed by atoms with Gasteiger partial charge in [-0.2, -0.15) is 5.10 Å². The SMILES string of the molecule is O=C1CC[C@@H](N2C(=O)c3cccc(OCCCCCOc4ccc(CC(=O)Nc5cc(C6CCC6)[nH]n5)cc4)c3C2=O)C(=O)N1. The van der Waals surface area contributed by atoms with Gasteiger partial charge >= 0.3 is 0 Å². The van der Waals surface area contributed by atoms with Crippen LogP contribution in [0.5, 0.6) is 11.5 Å². The van der Waals surface area contributed by atoms with Gasteiger partial charge < -0.3 is 14.8 Å². The Morgan fingerprint density at radius 1 is 0.933 bits per heavy atom. The van der Waals surface area contributed by atoms with Crippen molar-refractivity contribution in [3.8, 4) is 11.5 Å². The minimum Gasteiger partial charge on any atom is -0.494 e. The van der Waals surface area contributed by atoms with Crippen LogP contribution in [0.4, 0.5) is 5.82 Å². The number of hydrogen-bond donors (Lipinski definition) is 3. The van der Waals surface area contributed by atoms with Crippen LogP contribution in [0.1, 0.15) is 89.3 Å². The molecule has 6 rings (SSSR count). The lowest BCUT2D eigenvalue weighted by Gasteiger charge is -2.27. The molecule has 1 saturated heterocycles. The van der Waals surface area contributed by atoms with Crippen LogP contribution in [0.3, 0.4) is 0 Å². The largest absolute Gasteiger partial charge is 0.494 e. The molecule has 1 atom stereocenters.